The zero-order chi connectivity index (χ0) is 14.1. The fraction of sp³-hybridized carbons (Fsp3) is 0.400. The molecule has 2 N–H and O–H groups in total. The molecule has 0 aliphatic carbocycles. The van der Waals surface area contributed by atoms with Crippen molar-refractivity contribution in [1.82, 2.24) is 10.6 Å². The molecule has 0 saturated heterocycles. The van der Waals surface area contributed by atoms with Crippen molar-refractivity contribution in [2.24, 2.45) is 0 Å². The lowest BCUT2D eigenvalue weighted by Crippen LogP contribution is -2.43. The molecule has 1 rings (SSSR count). The Balaban J connectivity index is 2.20. The summed E-state index contributed by atoms with van der Waals surface area (Å²) in [5, 5.41) is 5.69. The molecule has 0 aromatic heterocycles. The number of rotatable bonds is 7. The number of ether oxygens (including phenoxy) is 1. The maximum Gasteiger partial charge on any atom is 0.237 e. The lowest BCUT2D eigenvalue weighted by molar-refractivity contribution is -0.122. The number of carbonyl (C=O) groups is 1. The molecule has 0 aliphatic heterocycles. The molecule has 1 atom stereocenters. The van der Waals surface area contributed by atoms with Crippen LogP contribution < -0.4 is 15.4 Å². The van der Waals surface area contributed by atoms with Crippen LogP contribution in [0.25, 0.3) is 0 Å². The second-order valence-electron chi connectivity index (χ2n) is 4.26. The van der Waals surface area contributed by atoms with E-state index in [0.29, 0.717) is 13.2 Å². The minimum absolute atomic E-state index is 0.103. The molecule has 0 heterocycles. The molecule has 1 unspecified atom stereocenters. The van der Waals surface area contributed by atoms with Crippen molar-refractivity contribution in [1.29, 1.82) is 0 Å². The zero-order valence-electron chi connectivity index (χ0n) is 11.4. The van der Waals surface area contributed by atoms with E-state index in [1.165, 1.54) is 0 Å². The Labute approximate surface area is 114 Å². The second-order valence-corrected chi connectivity index (χ2v) is 4.26. The lowest BCUT2D eigenvalue weighted by atomic mass is 10.2. The van der Waals surface area contributed by atoms with Crippen LogP contribution in [0.1, 0.15) is 12.5 Å². The standard InChI is InChI=1S/C15H20N2O2/c1-4-8-17-15(18)13(3)16-9-10-19-14-7-5-6-12(2)11-14/h1,5-7,11,13,16H,8-10H2,2-3H3,(H,17,18). The number of hydrogen-bond acceptors (Lipinski definition) is 3. The van der Waals surface area contributed by atoms with E-state index in [9.17, 15) is 4.79 Å². The maximum atomic E-state index is 11.5. The maximum absolute atomic E-state index is 11.5. The van der Waals surface area contributed by atoms with Crippen LogP contribution >= 0.6 is 0 Å². The first-order chi connectivity index (χ1) is 9.13. The van der Waals surface area contributed by atoms with Crippen LogP contribution in [0, 0.1) is 19.3 Å². The average Bonchev–Trinajstić information content (AvgIpc) is 2.40. The van der Waals surface area contributed by atoms with Gasteiger partial charge in [0.05, 0.1) is 12.6 Å². The van der Waals surface area contributed by atoms with Gasteiger partial charge in [-0.25, -0.2) is 0 Å². The van der Waals surface area contributed by atoms with Crippen molar-refractivity contribution < 1.29 is 9.53 Å². The Morgan fingerprint density at radius 1 is 1.53 bits per heavy atom. The smallest absolute Gasteiger partial charge is 0.237 e. The normalized spacial score (nSPS) is 11.4. The summed E-state index contributed by atoms with van der Waals surface area (Å²) in [6.07, 6.45) is 5.07. The molecule has 102 valence electrons. The van der Waals surface area contributed by atoms with Crippen LogP contribution in [0.4, 0.5) is 0 Å². The summed E-state index contributed by atoms with van der Waals surface area (Å²) in [6.45, 7) is 5.17. The van der Waals surface area contributed by atoms with Gasteiger partial charge in [0.1, 0.15) is 12.4 Å². The summed E-state index contributed by atoms with van der Waals surface area (Å²) in [4.78, 5) is 11.5. The molecule has 0 bridgehead atoms. The van der Waals surface area contributed by atoms with Gasteiger partial charge in [-0.2, -0.15) is 0 Å². The Morgan fingerprint density at radius 3 is 3.00 bits per heavy atom. The number of benzene rings is 1. The third-order valence-corrected chi connectivity index (χ3v) is 2.57. The van der Waals surface area contributed by atoms with E-state index < -0.39 is 0 Å². The molecule has 0 spiro atoms. The lowest BCUT2D eigenvalue weighted by Gasteiger charge is -2.13. The Morgan fingerprint density at radius 2 is 2.32 bits per heavy atom. The van der Waals surface area contributed by atoms with E-state index in [0.717, 1.165) is 11.3 Å². The molecule has 0 saturated carbocycles. The summed E-state index contributed by atoms with van der Waals surface area (Å²) in [5.74, 6) is 3.10. The van der Waals surface area contributed by atoms with E-state index in [2.05, 4.69) is 16.6 Å². The molecular weight excluding hydrogens is 240 g/mol. The molecule has 1 amide bonds. The second kappa shape index (κ2) is 8.17. The van der Waals surface area contributed by atoms with Gasteiger partial charge >= 0.3 is 0 Å². The number of aryl methyl sites for hydroxylation is 1. The number of carbonyl (C=O) groups excluding carboxylic acids is 1. The molecular formula is C15H20N2O2. The number of amides is 1. The van der Waals surface area contributed by atoms with Gasteiger partial charge in [-0.05, 0) is 31.5 Å². The van der Waals surface area contributed by atoms with Gasteiger partial charge in [0, 0.05) is 6.54 Å². The number of hydrogen-bond donors (Lipinski definition) is 2. The molecule has 1 aromatic rings. The quantitative estimate of drug-likeness (QED) is 0.570. The molecule has 4 heteroatoms. The number of terminal acetylenes is 1. The monoisotopic (exact) mass is 260 g/mol. The van der Waals surface area contributed by atoms with Crippen molar-refractivity contribution in [2.45, 2.75) is 19.9 Å². The zero-order valence-corrected chi connectivity index (χ0v) is 11.4. The van der Waals surface area contributed by atoms with Crippen molar-refractivity contribution in [2.75, 3.05) is 19.7 Å². The van der Waals surface area contributed by atoms with Crippen molar-refractivity contribution >= 4 is 5.91 Å². The summed E-state index contributed by atoms with van der Waals surface area (Å²) >= 11 is 0. The predicted octanol–water partition coefficient (Wildman–Crippen LogP) is 1.10. The average molecular weight is 260 g/mol. The van der Waals surface area contributed by atoms with E-state index >= 15 is 0 Å². The topological polar surface area (TPSA) is 50.4 Å². The Bertz CT molecular complexity index is 452. The molecule has 0 aliphatic rings. The SMILES string of the molecule is C#CCNC(=O)C(C)NCCOc1cccc(C)c1. The van der Waals surface area contributed by atoms with Gasteiger partial charge in [-0.3, -0.25) is 4.79 Å². The van der Waals surface area contributed by atoms with E-state index in [1.54, 1.807) is 6.92 Å². The van der Waals surface area contributed by atoms with Crippen molar-refractivity contribution in [3.05, 3.63) is 29.8 Å². The number of nitrogens with one attached hydrogen (secondary N) is 2. The Hall–Kier alpha value is -1.99. The fourth-order valence-electron chi connectivity index (χ4n) is 1.53. The summed E-state index contributed by atoms with van der Waals surface area (Å²) < 4.78 is 5.57. The van der Waals surface area contributed by atoms with E-state index in [-0.39, 0.29) is 18.5 Å². The highest BCUT2D eigenvalue weighted by Gasteiger charge is 2.10. The molecule has 4 nitrogen and oxygen atoms in total. The first kappa shape index (κ1) is 15.1. The molecule has 19 heavy (non-hydrogen) atoms. The molecule has 0 fully saturated rings. The van der Waals surface area contributed by atoms with Crippen molar-refractivity contribution in [3.8, 4) is 18.1 Å². The minimum Gasteiger partial charge on any atom is -0.492 e. The highest BCUT2D eigenvalue weighted by molar-refractivity contribution is 5.81. The Kier molecular flexibility index (Phi) is 6.48. The van der Waals surface area contributed by atoms with Gasteiger partial charge in [-0.15, -0.1) is 6.42 Å². The highest BCUT2D eigenvalue weighted by atomic mass is 16.5. The van der Waals surface area contributed by atoms with E-state index in [1.807, 2.05) is 31.2 Å². The predicted molar refractivity (Wildman–Crippen MR) is 76.0 cm³/mol. The third kappa shape index (κ3) is 5.94. The molecule has 1 aromatic carbocycles. The third-order valence-electron chi connectivity index (χ3n) is 2.57. The van der Waals surface area contributed by atoms with Gasteiger partial charge in [-0.1, -0.05) is 18.1 Å². The summed E-state index contributed by atoms with van der Waals surface area (Å²) in [7, 11) is 0. The first-order valence-electron chi connectivity index (χ1n) is 6.27. The van der Waals surface area contributed by atoms with Gasteiger partial charge < -0.3 is 15.4 Å². The highest BCUT2D eigenvalue weighted by Crippen LogP contribution is 2.11. The van der Waals surface area contributed by atoms with Crippen LogP contribution in [0.15, 0.2) is 24.3 Å². The van der Waals surface area contributed by atoms with Gasteiger partial charge in [0.15, 0.2) is 0 Å². The van der Waals surface area contributed by atoms with Gasteiger partial charge in [0.2, 0.25) is 5.91 Å². The van der Waals surface area contributed by atoms with Crippen LogP contribution in [-0.2, 0) is 4.79 Å². The summed E-state index contributed by atoms with van der Waals surface area (Å²) in [5.41, 5.74) is 1.16. The largest absolute Gasteiger partial charge is 0.492 e. The van der Waals surface area contributed by atoms with Crippen LogP contribution in [0.3, 0.4) is 0 Å². The van der Waals surface area contributed by atoms with Crippen LogP contribution in [0.5, 0.6) is 5.75 Å². The van der Waals surface area contributed by atoms with Gasteiger partial charge in [0.25, 0.3) is 0 Å². The fourth-order valence-corrected chi connectivity index (χ4v) is 1.53. The van der Waals surface area contributed by atoms with Crippen molar-refractivity contribution in [3.63, 3.8) is 0 Å². The minimum atomic E-state index is -0.283. The van der Waals surface area contributed by atoms with Crippen LogP contribution in [0.2, 0.25) is 0 Å². The molecule has 0 radical (unpaired) electrons. The summed E-state index contributed by atoms with van der Waals surface area (Å²) in [6, 6.07) is 7.57. The first-order valence-corrected chi connectivity index (χ1v) is 6.27. The van der Waals surface area contributed by atoms with E-state index in [4.69, 9.17) is 11.2 Å². The van der Waals surface area contributed by atoms with Crippen LogP contribution in [-0.4, -0.2) is 31.6 Å².